The van der Waals surface area contributed by atoms with E-state index >= 15 is 0 Å². The topological polar surface area (TPSA) is 54.7 Å². The van der Waals surface area contributed by atoms with Gasteiger partial charge in [-0.05, 0) is 73.5 Å². The van der Waals surface area contributed by atoms with Crippen LogP contribution in [-0.4, -0.2) is 46.8 Å². The van der Waals surface area contributed by atoms with Crippen LogP contribution in [0.25, 0.3) is 10.9 Å². The first-order chi connectivity index (χ1) is 16.7. The molecule has 0 spiro atoms. The molecule has 1 aliphatic rings. The van der Waals surface area contributed by atoms with Crippen molar-refractivity contribution in [3.63, 3.8) is 0 Å². The Morgan fingerprint density at radius 2 is 1.79 bits per heavy atom. The lowest BCUT2D eigenvalue weighted by molar-refractivity contribution is 0.0691. The van der Waals surface area contributed by atoms with Crippen molar-refractivity contribution in [3.05, 3.63) is 88.2 Å². The fraction of sp³-hybridized carbons (Fsp3) is 0.321. The Labute approximate surface area is 204 Å². The highest BCUT2D eigenvalue weighted by molar-refractivity contribution is 7.09. The van der Waals surface area contributed by atoms with Gasteiger partial charge in [0.15, 0.2) is 0 Å². The smallest absolute Gasteiger partial charge is 0.339 e. The second-order valence-corrected chi connectivity index (χ2v) is 9.92. The van der Waals surface area contributed by atoms with Crippen molar-refractivity contribution in [2.24, 2.45) is 0 Å². The van der Waals surface area contributed by atoms with Crippen LogP contribution in [0.2, 0.25) is 0 Å². The third-order valence-corrected chi connectivity index (χ3v) is 7.74. The number of carboxylic acids is 1. The number of aromatic nitrogens is 1. The monoisotopic (exact) mass is 474 g/mol. The maximum Gasteiger partial charge on any atom is 0.339 e. The number of carboxylic acid groups (broad SMARTS) is 1. The number of hydrogen-bond donors (Lipinski definition) is 1. The number of ether oxygens (including phenoxy) is 1. The number of nitrogens with zero attached hydrogens (tertiary/aromatic N) is 2. The predicted octanol–water partition coefficient (Wildman–Crippen LogP) is 5.90. The quantitative estimate of drug-likeness (QED) is 0.328. The van der Waals surface area contributed by atoms with Crippen LogP contribution in [-0.2, 0) is 13.0 Å². The number of fused-ring (bicyclic) bond motifs is 1. The van der Waals surface area contributed by atoms with Gasteiger partial charge in [-0.15, -0.1) is 11.3 Å². The van der Waals surface area contributed by atoms with E-state index in [1.54, 1.807) is 18.2 Å². The van der Waals surface area contributed by atoms with Crippen molar-refractivity contribution in [1.82, 2.24) is 9.47 Å². The lowest BCUT2D eigenvalue weighted by Crippen LogP contribution is -2.35. The Balaban J connectivity index is 1.19. The number of benzene rings is 2. The van der Waals surface area contributed by atoms with E-state index in [4.69, 9.17) is 4.74 Å². The van der Waals surface area contributed by atoms with Gasteiger partial charge in [0, 0.05) is 35.1 Å². The van der Waals surface area contributed by atoms with E-state index in [-0.39, 0.29) is 5.56 Å². The Hall–Kier alpha value is -3.09. The Morgan fingerprint density at radius 1 is 1.00 bits per heavy atom. The molecule has 4 aromatic rings. The van der Waals surface area contributed by atoms with Crippen LogP contribution < -0.4 is 4.74 Å². The third kappa shape index (κ3) is 5.03. The molecule has 2 aromatic heterocycles. The lowest BCUT2D eigenvalue weighted by Gasteiger charge is -2.31. The zero-order chi connectivity index (χ0) is 23.3. The minimum Gasteiger partial charge on any atom is -0.491 e. The van der Waals surface area contributed by atoms with Gasteiger partial charge in [-0.1, -0.05) is 36.4 Å². The fourth-order valence-corrected chi connectivity index (χ4v) is 5.69. The first-order valence-electron chi connectivity index (χ1n) is 12.0. The Bertz CT molecular complexity index is 1240. The van der Waals surface area contributed by atoms with Crippen LogP contribution in [0.5, 0.6) is 5.75 Å². The van der Waals surface area contributed by atoms with Crippen molar-refractivity contribution in [2.45, 2.75) is 31.7 Å². The fourth-order valence-electron chi connectivity index (χ4n) is 4.99. The minimum atomic E-state index is -0.953. The molecule has 0 aliphatic carbocycles. The summed E-state index contributed by atoms with van der Waals surface area (Å²) in [7, 11) is 0. The molecular weight excluding hydrogens is 444 g/mol. The number of aromatic carboxylic acids is 1. The summed E-state index contributed by atoms with van der Waals surface area (Å²) in [6, 6.07) is 20.0. The van der Waals surface area contributed by atoms with Crippen LogP contribution in [0.15, 0.2) is 72.2 Å². The van der Waals surface area contributed by atoms with Crippen LogP contribution in [0.1, 0.15) is 39.6 Å². The second-order valence-electron chi connectivity index (χ2n) is 8.89. The molecule has 0 radical (unpaired) electrons. The summed E-state index contributed by atoms with van der Waals surface area (Å²) in [5.74, 6) is 0.0593. The molecule has 0 bridgehead atoms. The number of aryl methyl sites for hydroxylation is 2. The van der Waals surface area contributed by atoms with Crippen LogP contribution in [0, 0.1) is 0 Å². The summed E-state index contributed by atoms with van der Waals surface area (Å²) in [5, 5.41) is 12.9. The molecule has 0 atom stereocenters. The molecule has 176 valence electrons. The molecule has 2 aromatic carbocycles. The highest BCUT2D eigenvalue weighted by Gasteiger charge is 2.24. The number of rotatable bonds is 9. The Kier molecular flexibility index (Phi) is 6.97. The van der Waals surface area contributed by atoms with E-state index in [0.717, 1.165) is 45.4 Å². The summed E-state index contributed by atoms with van der Waals surface area (Å²) in [4.78, 5) is 15.2. The second kappa shape index (κ2) is 10.5. The van der Waals surface area contributed by atoms with Gasteiger partial charge >= 0.3 is 5.97 Å². The molecule has 34 heavy (non-hydrogen) atoms. The maximum absolute atomic E-state index is 11.4. The van der Waals surface area contributed by atoms with Crippen molar-refractivity contribution in [2.75, 3.05) is 26.2 Å². The number of para-hydroxylation sites is 2. The van der Waals surface area contributed by atoms with Gasteiger partial charge in [0.05, 0.1) is 0 Å². The predicted molar refractivity (Wildman–Crippen MR) is 137 cm³/mol. The summed E-state index contributed by atoms with van der Waals surface area (Å²) >= 11 is 1.83. The van der Waals surface area contributed by atoms with Crippen molar-refractivity contribution in [1.29, 1.82) is 0 Å². The average Bonchev–Trinajstić information content (AvgIpc) is 3.52. The maximum atomic E-state index is 11.4. The summed E-state index contributed by atoms with van der Waals surface area (Å²) in [5.41, 5.74) is 3.03. The molecule has 0 unspecified atom stereocenters. The molecule has 5 nitrogen and oxygen atoms in total. The highest BCUT2D eigenvalue weighted by Crippen LogP contribution is 2.34. The van der Waals surface area contributed by atoms with E-state index in [0.29, 0.717) is 18.3 Å². The molecule has 6 heteroatoms. The molecular formula is C28H30N2O3S. The molecule has 5 rings (SSSR count). The third-order valence-electron chi connectivity index (χ3n) is 6.81. The zero-order valence-corrected chi connectivity index (χ0v) is 20.0. The largest absolute Gasteiger partial charge is 0.491 e. The van der Waals surface area contributed by atoms with Crippen LogP contribution in [0.4, 0.5) is 0 Å². The minimum absolute atomic E-state index is 0.219. The van der Waals surface area contributed by atoms with Gasteiger partial charge < -0.3 is 14.4 Å². The summed E-state index contributed by atoms with van der Waals surface area (Å²) in [6.07, 6.45) is 5.72. The summed E-state index contributed by atoms with van der Waals surface area (Å²) in [6.45, 7) is 4.38. The zero-order valence-electron chi connectivity index (χ0n) is 19.2. The van der Waals surface area contributed by atoms with Gasteiger partial charge in [0.25, 0.3) is 0 Å². The first kappa shape index (κ1) is 22.7. The average molecular weight is 475 g/mol. The molecule has 1 aliphatic heterocycles. The molecule has 3 heterocycles. The number of thiophene rings is 1. The molecule has 0 saturated carbocycles. The molecule has 0 amide bonds. The number of likely N-dealkylation sites (tertiary alicyclic amines) is 1. The van der Waals surface area contributed by atoms with E-state index in [1.807, 2.05) is 17.4 Å². The molecule has 1 N–H and O–H groups in total. The van der Waals surface area contributed by atoms with E-state index in [2.05, 4.69) is 57.4 Å². The normalized spacial score (nSPS) is 15.1. The van der Waals surface area contributed by atoms with Gasteiger partial charge in [-0.2, -0.15) is 0 Å². The summed E-state index contributed by atoms with van der Waals surface area (Å²) < 4.78 is 8.24. The van der Waals surface area contributed by atoms with Gasteiger partial charge in [0.2, 0.25) is 0 Å². The number of carbonyl (C=O) groups is 1. The van der Waals surface area contributed by atoms with E-state index in [1.165, 1.54) is 21.3 Å². The van der Waals surface area contributed by atoms with Crippen molar-refractivity contribution in [3.8, 4) is 5.75 Å². The molecule has 1 fully saturated rings. The van der Waals surface area contributed by atoms with Crippen LogP contribution in [0.3, 0.4) is 0 Å². The lowest BCUT2D eigenvalue weighted by atomic mass is 9.89. The van der Waals surface area contributed by atoms with E-state index in [9.17, 15) is 9.90 Å². The van der Waals surface area contributed by atoms with Crippen molar-refractivity contribution < 1.29 is 14.6 Å². The van der Waals surface area contributed by atoms with Gasteiger partial charge in [-0.3, -0.25) is 4.90 Å². The first-order valence-corrected chi connectivity index (χ1v) is 12.8. The highest BCUT2D eigenvalue weighted by atomic mass is 32.1. The van der Waals surface area contributed by atoms with Crippen LogP contribution >= 0.6 is 11.3 Å². The van der Waals surface area contributed by atoms with Crippen molar-refractivity contribution >= 4 is 28.2 Å². The van der Waals surface area contributed by atoms with E-state index < -0.39 is 5.97 Å². The van der Waals surface area contributed by atoms with Gasteiger partial charge in [-0.25, -0.2) is 4.79 Å². The Morgan fingerprint density at radius 3 is 2.59 bits per heavy atom. The molecule has 1 saturated heterocycles. The SMILES string of the molecule is O=C(O)c1ccccc1OCCN1CCC(c2cn(CCc3cccs3)c3ccccc23)CC1. The van der Waals surface area contributed by atoms with Gasteiger partial charge in [0.1, 0.15) is 17.9 Å². The number of hydrogen-bond acceptors (Lipinski definition) is 4. The standard InChI is InChI=1S/C28H30N2O3S/c31-28(32)24-8-2-4-10-27(24)33-18-17-29-14-11-21(12-15-29)25-20-30(16-13-22-6-5-19-34-22)26-9-3-1-7-23(25)26/h1-10,19-21H,11-18H2,(H,31,32). The number of piperidine rings is 1.